The highest BCUT2D eigenvalue weighted by Crippen LogP contribution is 2.17. The lowest BCUT2D eigenvalue weighted by Crippen LogP contribution is -2.14. The number of hydrogen-bond acceptors (Lipinski definition) is 5. The SMILES string of the molecule is CCOC(=O)Oc1ccc(C(=O)Nc2ccc(NC(=O)CCc3ccccc3F)cc2)cc1. The Labute approximate surface area is 190 Å². The van der Waals surface area contributed by atoms with Crippen molar-refractivity contribution >= 4 is 29.3 Å². The van der Waals surface area contributed by atoms with Crippen LogP contribution in [0.25, 0.3) is 0 Å². The van der Waals surface area contributed by atoms with Crippen molar-refractivity contribution < 1.29 is 28.2 Å². The third-order valence-electron chi connectivity index (χ3n) is 4.59. The lowest BCUT2D eigenvalue weighted by atomic mass is 10.1. The molecule has 0 aliphatic carbocycles. The van der Waals surface area contributed by atoms with Crippen molar-refractivity contribution in [2.45, 2.75) is 19.8 Å². The Morgan fingerprint density at radius 1 is 0.848 bits per heavy atom. The molecule has 0 spiro atoms. The molecule has 3 aromatic rings. The van der Waals surface area contributed by atoms with Crippen LogP contribution >= 0.6 is 0 Å². The van der Waals surface area contributed by atoms with Crippen LogP contribution in [-0.4, -0.2) is 24.6 Å². The highest BCUT2D eigenvalue weighted by atomic mass is 19.1. The lowest BCUT2D eigenvalue weighted by Gasteiger charge is -2.09. The molecular formula is C25H23FN2O5. The van der Waals surface area contributed by atoms with Crippen LogP contribution in [0.2, 0.25) is 0 Å². The molecule has 0 saturated heterocycles. The molecule has 0 heterocycles. The molecule has 0 radical (unpaired) electrons. The molecule has 33 heavy (non-hydrogen) atoms. The number of nitrogens with one attached hydrogen (secondary N) is 2. The van der Waals surface area contributed by atoms with Crippen LogP contribution < -0.4 is 15.4 Å². The van der Waals surface area contributed by atoms with Crippen LogP contribution in [0.15, 0.2) is 72.8 Å². The van der Waals surface area contributed by atoms with Crippen molar-refractivity contribution in [3.8, 4) is 5.75 Å². The summed E-state index contributed by atoms with van der Waals surface area (Å²) in [6.45, 7) is 1.87. The van der Waals surface area contributed by atoms with E-state index >= 15 is 0 Å². The third kappa shape index (κ3) is 7.17. The molecule has 0 aromatic heterocycles. The average molecular weight is 450 g/mol. The van der Waals surface area contributed by atoms with E-state index in [0.29, 0.717) is 28.9 Å². The summed E-state index contributed by atoms with van der Waals surface area (Å²) < 4.78 is 23.3. The number of carbonyl (C=O) groups excluding carboxylic acids is 3. The van der Waals surface area contributed by atoms with Crippen LogP contribution in [0.5, 0.6) is 5.75 Å². The van der Waals surface area contributed by atoms with E-state index in [4.69, 9.17) is 9.47 Å². The van der Waals surface area contributed by atoms with Gasteiger partial charge in [0.15, 0.2) is 0 Å². The van der Waals surface area contributed by atoms with E-state index in [1.54, 1.807) is 49.4 Å². The molecule has 3 rings (SSSR count). The standard InChI is InChI=1S/C25H23FN2O5/c1-2-32-25(31)33-21-14-7-18(8-15-21)24(30)28-20-12-10-19(11-13-20)27-23(29)16-9-17-5-3-4-6-22(17)26/h3-8,10-15H,2,9,16H2,1H3,(H,27,29)(H,28,30). The molecule has 0 aliphatic heterocycles. The maximum absolute atomic E-state index is 13.6. The molecular weight excluding hydrogens is 427 g/mol. The van der Waals surface area contributed by atoms with E-state index in [2.05, 4.69) is 10.6 Å². The van der Waals surface area contributed by atoms with E-state index in [-0.39, 0.29) is 36.4 Å². The number of ether oxygens (including phenoxy) is 2. The average Bonchev–Trinajstić information content (AvgIpc) is 2.80. The molecule has 0 fully saturated rings. The Morgan fingerprint density at radius 2 is 1.48 bits per heavy atom. The molecule has 0 aliphatic rings. The molecule has 0 atom stereocenters. The van der Waals surface area contributed by atoms with Gasteiger partial charge >= 0.3 is 6.16 Å². The van der Waals surface area contributed by atoms with Crippen LogP contribution in [0.1, 0.15) is 29.3 Å². The van der Waals surface area contributed by atoms with Crippen molar-refractivity contribution in [2.75, 3.05) is 17.2 Å². The van der Waals surface area contributed by atoms with E-state index in [1.165, 1.54) is 30.3 Å². The van der Waals surface area contributed by atoms with E-state index in [9.17, 15) is 18.8 Å². The van der Waals surface area contributed by atoms with E-state index < -0.39 is 6.16 Å². The zero-order chi connectivity index (χ0) is 23.6. The van der Waals surface area contributed by atoms with Gasteiger partial charge in [-0.15, -0.1) is 0 Å². The van der Waals surface area contributed by atoms with Gasteiger partial charge in [0, 0.05) is 23.4 Å². The fraction of sp³-hybridized carbons (Fsp3) is 0.160. The van der Waals surface area contributed by atoms with Crippen LogP contribution in [-0.2, 0) is 16.0 Å². The van der Waals surface area contributed by atoms with Crippen molar-refractivity contribution in [1.82, 2.24) is 0 Å². The first-order chi connectivity index (χ1) is 15.9. The highest BCUT2D eigenvalue weighted by molar-refractivity contribution is 6.04. The van der Waals surface area contributed by atoms with Gasteiger partial charge in [0.1, 0.15) is 11.6 Å². The zero-order valence-electron chi connectivity index (χ0n) is 18.0. The fourth-order valence-corrected chi connectivity index (χ4v) is 2.93. The minimum atomic E-state index is -0.811. The predicted octanol–water partition coefficient (Wildman–Crippen LogP) is 5.18. The van der Waals surface area contributed by atoms with E-state index in [1.807, 2.05) is 0 Å². The largest absolute Gasteiger partial charge is 0.513 e. The van der Waals surface area contributed by atoms with Gasteiger partial charge < -0.3 is 20.1 Å². The summed E-state index contributed by atoms with van der Waals surface area (Å²) in [5.41, 5.74) is 1.96. The predicted molar refractivity (Wildman–Crippen MR) is 122 cm³/mol. The normalized spacial score (nSPS) is 10.2. The summed E-state index contributed by atoms with van der Waals surface area (Å²) in [6.07, 6.45) is -0.361. The Hall–Kier alpha value is -4.20. The van der Waals surface area contributed by atoms with Gasteiger partial charge in [-0.25, -0.2) is 9.18 Å². The van der Waals surface area contributed by atoms with Crippen LogP contribution in [0.4, 0.5) is 20.6 Å². The number of rotatable bonds is 8. The summed E-state index contributed by atoms with van der Waals surface area (Å²) in [5, 5.41) is 5.50. The maximum atomic E-state index is 13.6. The smallest absolute Gasteiger partial charge is 0.434 e. The molecule has 0 bridgehead atoms. The summed E-state index contributed by atoms with van der Waals surface area (Å²) in [6, 6.07) is 19.0. The summed E-state index contributed by atoms with van der Waals surface area (Å²) in [5.74, 6) is -0.647. The molecule has 0 unspecified atom stereocenters. The van der Waals surface area contributed by atoms with E-state index in [0.717, 1.165) is 0 Å². The fourth-order valence-electron chi connectivity index (χ4n) is 2.93. The first kappa shape index (κ1) is 23.5. The zero-order valence-corrected chi connectivity index (χ0v) is 18.0. The van der Waals surface area contributed by atoms with Gasteiger partial charge in [0.2, 0.25) is 5.91 Å². The molecule has 0 saturated carbocycles. The van der Waals surface area contributed by atoms with Gasteiger partial charge in [0.05, 0.1) is 6.61 Å². The number of amides is 2. The van der Waals surface area contributed by atoms with Crippen LogP contribution in [0.3, 0.4) is 0 Å². The minimum Gasteiger partial charge on any atom is -0.434 e. The number of hydrogen-bond donors (Lipinski definition) is 2. The minimum absolute atomic E-state index is 0.148. The quantitative estimate of drug-likeness (QED) is 0.364. The number of aryl methyl sites for hydroxylation is 1. The highest BCUT2D eigenvalue weighted by Gasteiger charge is 2.10. The van der Waals surface area contributed by atoms with Gasteiger partial charge in [-0.3, -0.25) is 9.59 Å². The molecule has 7 nitrogen and oxygen atoms in total. The van der Waals surface area contributed by atoms with Crippen molar-refractivity contribution in [2.24, 2.45) is 0 Å². The number of anilines is 2. The lowest BCUT2D eigenvalue weighted by molar-refractivity contribution is -0.116. The summed E-state index contributed by atoms with van der Waals surface area (Å²) >= 11 is 0. The number of carbonyl (C=O) groups is 3. The summed E-state index contributed by atoms with van der Waals surface area (Å²) in [7, 11) is 0. The Bertz CT molecular complexity index is 1110. The summed E-state index contributed by atoms with van der Waals surface area (Å²) in [4.78, 5) is 35.9. The molecule has 170 valence electrons. The Morgan fingerprint density at radius 3 is 2.12 bits per heavy atom. The van der Waals surface area contributed by atoms with Gasteiger partial charge in [-0.2, -0.15) is 0 Å². The van der Waals surface area contributed by atoms with Crippen LogP contribution in [0, 0.1) is 5.82 Å². The van der Waals surface area contributed by atoms with Crippen molar-refractivity contribution in [1.29, 1.82) is 0 Å². The topological polar surface area (TPSA) is 93.7 Å². The second-order valence-corrected chi connectivity index (χ2v) is 6.98. The molecule has 2 amide bonds. The first-order valence-electron chi connectivity index (χ1n) is 10.3. The Balaban J connectivity index is 1.49. The molecule has 8 heteroatoms. The second-order valence-electron chi connectivity index (χ2n) is 6.98. The number of benzene rings is 3. The number of halogens is 1. The van der Waals surface area contributed by atoms with Gasteiger partial charge in [-0.05, 0) is 73.5 Å². The third-order valence-corrected chi connectivity index (χ3v) is 4.59. The van der Waals surface area contributed by atoms with Crippen molar-refractivity contribution in [3.05, 3.63) is 89.7 Å². The first-order valence-corrected chi connectivity index (χ1v) is 10.3. The monoisotopic (exact) mass is 450 g/mol. The maximum Gasteiger partial charge on any atom is 0.513 e. The van der Waals surface area contributed by atoms with Gasteiger partial charge in [0.25, 0.3) is 5.91 Å². The van der Waals surface area contributed by atoms with Crippen molar-refractivity contribution in [3.63, 3.8) is 0 Å². The second kappa shape index (κ2) is 11.4. The van der Waals surface area contributed by atoms with Gasteiger partial charge in [-0.1, -0.05) is 18.2 Å². The molecule has 3 aromatic carbocycles. The molecule has 2 N–H and O–H groups in total. The Kier molecular flexibility index (Phi) is 8.13.